The first-order valence-corrected chi connectivity index (χ1v) is 6.77. The van der Waals surface area contributed by atoms with Gasteiger partial charge < -0.3 is 10.0 Å². The van der Waals surface area contributed by atoms with Crippen molar-refractivity contribution in [3.63, 3.8) is 0 Å². The van der Waals surface area contributed by atoms with E-state index in [1.807, 2.05) is 51.1 Å². The molecule has 0 heterocycles. The molecule has 0 aromatic heterocycles. The summed E-state index contributed by atoms with van der Waals surface area (Å²) < 4.78 is 0. The van der Waals surface area contributed by atoms with Crippen LogP contribution in [0, 0.1) is 0 Å². The van der Waals surface area contributed by atoms with Crippen molar-refractivity contribution in [2.45, 2.75) is 26.8 Å². The molecule has 0 radical (unpaired) electrons. The van der Waals surface area contributed by atoms with Gasteiger partial charge in [-0.25, -0.2) is 0 Å². The Bertz CT molecular complexity index is 446. The summed E-state index contributed by atoms with van der Waals surface area (Å²) in [5.41, 5.74) is 0.832. The Hall–Kier alpha value is -1.88. The normalized spacial score (nSPS) is 10.8. The first kappa shape index (κ1) is 16.2. The van der Waals surface area contributed by atoms with Gasteiger partial charge in [0.1, 0.15) is 0 Å². The van der Waals surface area contributed by atoms with Crippen molar-refractivity contribution in [2.24, 2.45) is 0 Å². The molecule has 110 valence electrons. The average Bonchev–Trinajstić information content (AvgIpc) is 2.38. The maximum Gasteiger partial charge on any atom is 0.317 e. The number of amides is 1. The molecule has 0 saturated heterocycles. The maximum atomic E-state index is 12.4. The summed E-state index contributed by atoms with van der Waals surface area (Å²) in [6.45, 7) is 6.24. The van der Waals surface area contributed by atoms with E-state index in [-0.39, 0.29) is 25.0 Å². The van der Waals surface area contributed by atoms with E-state index in [9.17, 15) is 9.59 Å². The fourth-order valence-electron chi connectivity index (χ4n) is 2.06. The highest BCUT2D eigenvalue weighted by Gasteiger charge is 2.21. The zero-order valence-corrected chi connectivity index (χ0v) is 12.2. The highest BCUT2D eigenvalue weighted by Crippen LogP contribution is 2.16. The second-order valence-electron chi connectivity index (χ2n) is 4.89. The van der Waals surface area contributed by atoms with E-state index in [1.165, 1.54) is 0 Å². The second-order valence-corrected chi connectivity index (χ2v) is 4.89. The van der Waals surface area contributed by atoms with Crippen LogP contribution in [0.15, 0.2) is 30.3 Å². The summed E-state index contributed by atoms with van der Waals surface area (Å²) in [6.07, 6.45) is 0. The number of anilines is 1. The molecular weight excluding hydrogens is 256 g/mol. The van der Waals surface area contributed by atoms with Gasteiger partial charge in [0.05, 0.1) is 13.1 Å². The van der Waals surface area contributed by atoms with Crippen molar-refractivity contribution in [1.82, 2.24) is 4.90 Å². The number of aliphatic carboxylic acids is 1. The van der Waals surface area contributed by atoms with E-state index in [2.05, 4.69) is 0 Å². The first-order valence-electron chi connectivity index (χ1n) is 6.77. The summed E-state index contributed by atoms with van der Waals surface area (Å²) >= 11 is 0. The van der Waals surface area contributed by atoms with Crippen molar-refractivity contribution >= 4 is 17.6 Å². The molecule has 0 aliphatic rings. The molecule has 0 fully saturated rings. The molecule has 0 unspecified atom stereocenters. The monoisotopic (exact) mass is 278 g/mol. The van der Waals surface area contributed by atoms with Crippen molar-refractivity contribution in [3.8, 4) is 0 Å². The molecule has 1 aromatic rings. The highest BCUT2D eigenvalue weighted by molar-refractivity contribution is 5.95. The smallest absolute Gasteiger partial charge is 0.317 e. The van der Waals surface area contributed by atoms with Gasteiger partial charge in [0.2, 0.25) is 5.91 Å². The molecule has 0 bridgehead atoms. The van der Waals surface area contributed by atoms with E-state index in [0.29, 0.717) is 6.54 Å². The van der Waals surface area contributed by atoms with Crippen LogP contribution in [0.2, 0.25) is 0 Å². The maximum absolute atomic E-state index is 12.4. The molecular formula is C15H22N2O3. The number of hydrogen-bond donors (Lipinski definition) is 1. The number of rotatable bonds is 7. The van der Waals surface area contributed by atoms with E-state index < -0.39 is 5.97 Å². The zero-order chi connectivity index (χ0) is 15.1. The van der Waals surface area contributed by atoms with Gasteiger partial charge in [-0.2, -0.15) is 0 Å². The van der Waals surface area contributed by atoms with Gasteiger partial charge in [-0.15, -0.1) is 0 Å². The Morgan fingerprint density at radius 3 is 2.20 bits per heavy atom. The minimum absolute atomic E-state index is 0.0217. The molecule has 20 heavy (non-hydrogen) atoms. The van der Waals surface area contributed by atoms with Crippen LogP contribution in [0.1, 0.15) is 20.8 Å². The lowest BCUT2D eigenvalue weighted by Gasteiger charge is -2.29. The van der Waals surface area contributed by atoms with Gasteiger partial charge in [0, 0.05) is 11.7 Å². The van der Waals surface area contributed by atoms with Crippen LogP contribution in [0.25, 0.3) is 0 Å². The van der Waals surface area contributed by atoms with Crippen LogP contribution in [0.3, 0.4) is 0 Å². The van der Waals surface area contributed by atoms with Crippen LogP contribution in [0.4, 0.5) is 5.69 Å². The number of benzene rings is 1. The third-order valence-electron chi connectivity index (χ3n) is 2.98. The van der Waals surface area contributed by atoms with E-state index >= 15 is 0 Å². The number of likely N-dealkylation sites (N-methyl/N-ethyl adjacent to an activating group) is 1. The molecule has 0 aliphatic heterocycles. The van der Waals surface area contributed by atoms with Crippen LogP contribution < -0.4 is 4.90 Å². The molecule has 1 amide bonds. The van der Waals surface area contributed by atoms with Crippen molar-refractivity contribution in [3.05, 3.63) is 30.3 Å². The predicted molar refractivity (Wildman–Crippen MR) is 78.8 cm³/mol. The molecule has 1 N–H and O–H groups in total. The molecule has 0 saturated carbocycles. The van der Waals surface area contributed by atoms with Crippen LogP contribution in [-0.4, -0.2) is 47.6 Å². The predicted octanol–water partition coefficient (Wildman–Crippen LogP) is 1.83. The Balaban J connectivity index is 2.82. The van der Waals surface area contributed by atoms with Crippen molar-refractivity contribution in [2.75, 3.05) is 24.5 Å². The Morgan fingerprint density at radius 2 is 1.75 bits per heavy atom. The Labute approximate surface area is 119 Å². The SMILES string of the molecule is CCN(CC(=O)O)CC(=O)N(c1ccccc1)C(C)C. The molecule has 0 aliphatic carbocycles. The number of carboxylic acid groups (broad SMARTS) is 1. The fourth-order valence-corrected chi connectivity index (χ4v) is 2.06. The molecule has 5 heteroatoms. The lowest BCUT2D eigenvalue weighted by molar-refractivity contribution is -0.138. The molecule has 0 atom stereocenters. The van der Waals surface area contributed by atoms with E-state index in [4.69, 9.17) is 5.11 Å². The Morgan fingerprint density at radius 1 is 1.15 bits per heavy atom. The van der Waals surface area contributed by atoms with Crippen molar-refractivity contribution in [1.29, 1.82) is 0 Å². The highest BCUT2D eigenvalue weighted by atomic mass is 16.4. The lowest BCUT2D eigenvalue weighted by atomic mass is 10.2. The fraction of sp³-hybridized carbons (Fsp3) is 0.467. The van der Waals surface area contributed by atoms with Crippen LogP contribution in [-0.2, 0) is 9.59 Å². The minimum atomic E-state index is -0.921. The first-order chi connectivity index (χ1) is 9.45. The van der Waals surface area contributed by atoms with Gasteiger partial charge in [-0.1, -0.05) is 25.1 Å². The summed E-state index contributed by atoms with van der Waals surface area (Å²) in [5.74, 6) is -1.01. The summed E-state index contributed by atoms with van der Waals surface area (Å²) in [6, 6.07) is 9.44. The minimum Gasteiger partial charge on any atom is -0.480 e. The van der Waals surface area contributed by atoms with Gasteiger partial charge in [0.25, 0.3) is 0 Å². The Kier molecular flexibility index (Phi) is 6.18. The number of nitrogens with zero attached hydrogens (tertiary/aromatic N) is 2. The number of hydrogen-bond acceptors (Lipinski definition) is 3. The van der Waals surface area contributed by atoms with Gasteiger partial charge in [-0.3, -0.25) is 14.5 Å². The quantitative estimate of drug-likeness (QED) is 0.826. The molecule has 5 nitrogen and oxygen atoms in total. The largest absolute Gasteiger partial charge is 0.480 e. The van der Waals surface area contributed by atoms with E-state index in [1.54, 1.807) is 9.80 Å². The molecule has 0 spiro atoms. The summed E-state index contributed by atoms with van der Waals surface area (Å²) in [5, 5.41) is 8.83. The van der Waals surface area contributed by atoms with Gasteiger partial charge in [-0.05, 0) is 32.5 Å². The standard InChI is InChI=1S/C15H22N2O3/c1-4-16(11-15(19)20)10-14(18)17(12(2)3)13-8-6-5-7-9-13/h5-9,12H,4,10-11H2,1-3H3,(H,19,20). The van der Waals surface area contributed by atoms with Crippen LogP contribution >= 0.6 is 0 Å². The van der Waals surface area contributed by atoms with Crippen LogP contribution in [0.5, 0.6) is 0 Å². The third-order valence-corrected chi connectivity index (χ3v) is 2.98. The number of carboxylic acids is 1. The molecule has 1 aromatic carbocycles. The summed E-state index contributed by atoms with van der Waals surface area (Å²) in [7, 11) is 0. The number of carbonyl (C=O) groups is 2. The van der Waals surface area contributed by atoms with Gasteiger partial charge >= 0.3 is 5.97 Å². The summed E-state index contributed by atoms with van der Waals surface area (Å²) in [4.78, 5) is 26.5. The topological polar surface area (TPSA) is 60.9 Å². The molecule has 1 rings (SSSR count). The lowest BCUT2D eigenvalue weighted by Crippen LogP contribution is -2.45. The van der Waals surface area contributed by atoms with Crippen molar-refractivity contribution < 1.29 is 14.7 Å². The third kappa shape index (κ3) is 4.66. The number of para-hydroxylation sites is 1. The van der Waals surface area contributed by atoms with E-state index in [0.717, 1.165) is 5.69 Å². The zero-order valence-electron chi connectivity index (χ0n) is 12.2. The van der Waals surface area contributed by atoms with Gasteiger partial charge in [0.15, 0.2) is 0 Å². The number of carbonyl (C=O) groups excluding carboxylic acids is 1. The second kappa shape index (κ2) is 7.65. The average molecular weight is 278 g/mol.